The third-order valence-corrected chi connectivity index (χ3v) is 3.72. The van der Waals surface area contributed by atoms with E-state index in [2.05, 4.69) is 6.92 Å². The van der Waals surface area contributed by atoms with Gasteiger partial charge in [0.15, 0.2) is 0 Å². The zero-order chi connectivity index (χ0) is 7.23. The van der Waals surface area contributed by atoms with Gasteiger partial charge in [-0.1, -0.05) is 45.4 Å². The second kappa shape index (κ2) is 5.22. The highest BCUT2D eigenvalue weighted by Gasteiger charge is 2.22. The topological polar surface area (TPSA) is 0 Å². The molecule has 0 aliphatic carbocycles. The van der Waals surface area contributed by atoms with Crippen molar-refractivity contribution in [1.82, 2.24) is 0 Å². The Balaban J connectivity index is 1.68. The lowest BCUT2D eigenvalue weighted by Crippen LogP contribution is -1.77. The molecule has 0 saturated carbocycles. The van der Waals surface area contributed by atoms with Crippen LogP contribution in [0.25, 0.3) is 0 Å². The first-order chi connectivity index (χ1) is 4.93. The van der Waals surface area contributed by atoms with Crippen LogP contribution in [-0.2, 0) is 0 Å². The van der Waals surface area contributed by atoms with Gasteiger partial charge in [-0.3, -0.25) is 0 Å². The Morgan fingerprint density at radius 2 is 1.90 bits per heavy atom. The minimum absolute atomic E-state index is 0.939. The molecule has 0 aromatic rings. The van der Waals surface area contributed by atoms with Crippen LogP contribution in [0.3, 0.4) is 0 Å². The first kappa shape index (κ1) is 8.63. The van der Waals surface area contributed by atoms with Crippen LogP contribution in [-0.4, -0.2) is 15.2 Å². The molecule has 1 heteroatoms. The van der Waals surface area contributed by atoms with Crippen molar-refractivity contribution in [3.05, 3.63) is 0 Å². The molecule has 1 rings (SSSR count). The highest BCUT2D eigenvalue weighted by molar-refractivity contribution is 6.50. The molecule has 1 aliphatic heterocycles. The van der Waals surface area contributed by atoms with Crippen LogP contribution < -0.4 is 0 Å². The molecule has 1 aliphatic rings. The summed E-state index contributed by atoms with van der Waals surface area (Å²) in [5.74, 6) is 0. The summed E-state index contributed by atoms with van der Waals surface area (Å²) in [7, 11) is 0. The average Bonchev–Trinajstić information content (AvgIpc) is 2.71. The predicted molar refractivity (Wildman–Crippen MR) is 47.7 cm³/mol. The third kappa shape index (κ3) is 4.36. The van der Waals surface area contributed by atoms with E-state index in [4.69, 9.17) is 0 Å². The van der Waals surface area contributed by atoms with E-state index in [9.17, 15) is 0 Å². The molecule has 0 aromatic carbocycles. The molecular formula is C9H18Al. The predicted octanol–water partition coefficient (Wildman–Crippen LogP) is 3.27. The lowest BCUT2D eigenvalue weighted by atomic mass is 10.1. The molecule has 1 fully saturated rings. The number of rotatable bonds is 6. The molecule has 0 amide bonds. The van der Waals surface area contributed by atoms with Crippen LogP contribution in [0.15, 0.2) is 0 Å². The molecule has 1 saturated heterocycles. The fraction of sp³-hybridized carbons (Fsp3) is 1.00. The van der Waals surface area contributed by atoms with E-state index in [1.165, 1.54) is 36.9 Å². The van der Waals surface area contributed by atoms with E-state index in [1.54, 1.807) is 11.7 Å². The molecule has 0 nitrogen and oxygen atoms in total. The molecule has 0 aromatic heterocycles. The molecule has 0 bridgehead atoms. The van der Waals surface area contributed by atoms with Gasteiger partial charge < -0.3 is 0 Å². The summed E-state index contributed by atoms with van der Waals surface area (Å²) in [6.45, 7) is 2.28. The van der Waals surface area contributed by atoms with Crippen molar-refractivity contribution in [2.24, 2.45) is 0 Å². The quantitative estimate of drug-likeness (QED) is 0.406. The van der Waals surface area contributed by atoms with Crippen molar-refractivity contribution in [3.8, 4) is 0 Å². The molecule has 0 N–H and O–H groups in total. The van der Waals surface area contributed by atoms with E-state index in [-0.39, 0.29) is 0 Å². The fourth-order valence-electron chi connectivity index (χ4n) is 1.34. The zero-order valence-corrected chi connectivity index (χ0v) is 8.26. The molecule has 1 radical (unpaired) electrons. The highest BCUT2D eigenvalue weighted by atomic mass is 27.1. The highest BCUT2D eigenvalue weighted by Crippen LogP contribution is 2.33. The van der Waals surface area contributed by atoms with Gasteiger partial charge in [-0.2, -0.15) is 0 Å². The van der Waals surface area contributed by atoms with Crippen molar-refractivity contribution in [2.45, 2.75) is 55.5 Å². The number of hydrogen-bond acceptors (Lipinski definition) is 0. The first-order valence-corrected chi connectivity index (χ1v) is 6.25. The Bertz CT molecular complexity index is 76.8. The molecule has 10 heavy (non-hydrogen) atoms. The second-order valence-electron chi connectivity index (χ2n) is 3.43. The van der Waals surface area contributed by atoms with Crippen LogP contribution in [0.5, 0.6) is 0 Å². The van der Waals surface area contributed by atoms with Gasteiger partial charge in [0.25, 0.3) is 0 Å². The Kier molecular flexibility index (Phi) is 4.50. The van der Waals surface area contributed by atoms with Gasteiger partial charge in [-0.25, -0.2) is 0 Å². The Hall–Kier alpha value is 0.532. The molecule has 0 spiro atoms. The van der Waals surface area contributed by atoms with Crippen molar-refractivity contribution < 1.29 is 0 Å². The SMILES string of the molecule is CCCCCCC[CH]1[CH2][Al]1. The van der Waals surface area contributed by atoms with Crippen LogP contribution in [0, 0.1) is 0 Å². The number of hydrogen-bond donors (Lipinski definition) is 0. The maximum absolute atomic E-state index is 2.28. The van der Waals surface area contributed by atoms with Crippen LogP contribution in [0.1, 0.15) is 45.4 Å². The number of unbranched alkanes of at least 4 members (excludes halogenated alkanes) is 4. The summed E-state index contributed by atoms with van der Waals surface area (Å²) in [5.41, 5.74) is 0. The van der Waals surface area contributed by atoms with Gasteiger partial charge in [0.05, 0.1) is 0 Å². The molecule has 1 atom stereocenters. The van der Waals surface area contributed by atoms with Crippen LogP contribution in [0.4, 0.5) is 0 Å². The van der Waals surface area contributed by atoms with Gasteiger partial charge in [0.2, 0.25) is 15.2 Å². The van der Waals surface area contributed by atoms with Gasteiger partial charge in [-0.05, 0) is 0 Å². The van der Waals surface area contributed by atoms with E-state index in [0.29, 0.717) is 0 Å². The molecule has 1 unspecified atom stereocenters. The van der Waals surface area contributed by atoms with Crippen LogP contribution >= 0.6 is 0 Å². The minimum atomic E-state index is 0.939. The average molecular weight is 153 g/mol. The zero-order valence-electron chi connectivity index (χ0n) is 7.10. The Morgan fingerprint density at radius 1 is 1.20 bits per heavy atom. The lowest BCUT2D eigenvalue weighted by Gasteiger charge is -1.97. The minimum Gasteiger partial charge on any atom is -0.113 e. The van der Waals surface area contributed by atoms with Crippen molar-refractivity contribution in [3.63, 3.8) is 0 Å². The van der Waals surface area contributed by atoms with Crippen molar-refractivity contribution >= 4 is 15.2 Å². The summed E-state index contributed by atoms with van der Waals surface area (Å²) in [4.78, 5) is 0. The normalized spacial score (nSPS) is 22.3. The van der Waals surface area contributed by atoms with E-state index >= 15 is 0 Å². The second-order valence-corrected chi connectivity index (χ2v) is 5.32. The molecule has 1 heterocycles. The summed E-state index contributed by atoms with van der Waals surface area (Å²) < 4.78 is 1.24. The van der Waals surface area contributed by atoms with Crippen molar-refractivity contribution in [1.29, 1.82) is 0 Å². The monoisotopic (exact) mass is 153 g/mol. The standard InChI is InChI=1S/C9H18.Al/c1-3-5-7-9-8-6-4-2;/h3H,1,4-9H2,2H3;. The molecular weight excluding hydrogens is 135 g/mol. The van der Waals surface area contributed by atoms with Gasteiger partial charge in [0.1, 0.15) is 0 Å². The summed E-state index contributed by atoms with van der Waals surface area (Å²) in [6, 6.07) is 0. The Labute approximate surface area is 71.1 Å². The smallest absolute Gasteiger partial charge is 0.113 e. The molecule has 57 valence electrons. The van der Waals surface area contributed by atoms with Gasteiger partial charge >= 0.3 is 0 Å². The maximum Gasteiger partial charge on any atom is 0.201 e. The van der Waals surface area contributed by atoms with E-state index in [0.717, 1.165) is 15.2 Å². The van der Waals surface area contributed by atoms with Crippen LogP contribution in [0.2, 0.25) is 10.1 Å². The fourth-order valence-corrected chi connectivity index (χ4v) is 2.24. The van der Waals surface area contributed by atoms with Gasteiger partial charge in [0, 0.05) is 0 Å². The van der Waals surface area contributed by atoms with Gasteiger partial charge in [-0.15, -0.1) is 10.1 Å². The largest absolute Gasteiger partial charge is 0.201 e. The first-order valence-electron chi connectivity index (χ1n) is 4.77. The summed E-state index contributed by atoms with van der Waals surface area (Å²) in [5, 5.41) is 1.62. The maximum atomic E-state index is 2.28. The summed E-state index contributed by atoms with van der Waals surface area (Å²) >= 11 is 0.939. The Morgan fingerprint density at radius 3 is 2.50 bits per heavy atom. The van der Waals surface area contributed by atoms with E-state index in [1.807, 2.05) is 0 Å². The van der Waals surface area contributed by atoms with Crippen molar-refractivity contribution in [2.75, 3.05) is 0 Å². The lowest BCUT2D eigenvalue weighted by molar-refractivity contribution is 0.612. The van der Waals surface area contributed by atoms with E-state index < -0.39 is 0 Å². The third-order valence-electron chi connectivity index (χ3n) is 2.25. The summed E-state index contributed by atoms with van der Waals surface area (Å²) in [6.07, 6.45) is 8.92.